The molecule has 0 aromatic heterocycles. The van der Waals surface area contributed by atoms with Crippen LogP contribution in [0, 0.1) is 17.5 Å². The quantitative estimate of drug-likeness (QED) is 0.372. The Kier molecular flexibility index (Phi) is 8.84. The molecule has 2 saturated heterocycles. The Morgan fingerprint density at radius 2 is 1.32 bits per heavy atom. The molecule has 214 valence electrons. The van der Waals surface area contributed by atoms with Gasteiger partial charge in [-0.15, -0.1) is 0 Å². The first-order valence-electron chi connectivity index (χ1n) is 13.5. The van der Waals surface area contributed by atoms with E-state index in [1.807, 2.05) is 0 Å². The number of halogens is 3. The molecule has 2 aliphatic rings. The van der Waals surface area contributed by atoms with Gasteiger partial charge in [-0.1, -0.05) is 0 Å². The molecule has 2 amide bonds. The fourth-order valence-electron chi connectivity index (χ4n) is 5.18. The number of hydrogen-bond donors (Lipinski definition) is 1. The molecule has 2 heterocycles. The minimum atomic E-state index is -0.830. The summed E-state index contributed by atoms with van der Waals surface area (Å²) < 4.78 is 40.1. The van der Waals surface area contributed by atoms with Crippen LogP contribution in [0.3, 0.4) is 0 Å². The molecule has 1 atom stereocenters. The Labute approximate surface area is 242 Å². The van der Waals surface area contributed by atoms with Gasteiger partial charge in [0.15, 0.2) is 5.11 Å². The fraction of sp³-hybridized carbons (Fsp3) is 0.300. The Hall–Kier alpha value is -3.96. The summed E-state index contributed by atoms with van der Waals surface area (Å²) >= 11 is 5.69. The van der Waals surface area contributed by atoms with Crippen molar-refractivity contribution in [2.24, 2.45) is 0 Å². The maximum atomic E-state index is 13.6. The third-order valence-electron chi connectivity index (χ3n) is 7.35. The van der Waals surface area contributed by atoms with Gasteiger partial charge < -0.3 is 15.1 Å². The van der Waals surface area contributed by atoms with Crippen molar-refractivity contribution in [1.29, 1.82) is 0 Å². The highest BCUT2D eigenvalue weighted by atomic mass is 32.1. The van der Waals surface area contributed by atoms with E-state index in [4.69, 9.17) is 12.2 Å². The van der Waals surface area contributed by atoms with E-state index >= 15 is 0 Å². The molecule has 5 rings (SSSR count). The maximum absolute atomic E-state index is 13.6. The molecule has 0 saturated carbocycles. The molecule has 0 spiro atoms. The average molecular weight is 582 g/mol. The van der Waals surface area contributed by atoms with Crippen LogP contribution in [0.2, 0.25) is 0 Å². The molecule has 0 radical (unpaired) electrons. The molecule has 7 nitrogen and oxygen atoms in total. The Balaban J connectivity index is 1.22. The summed E-state index contributed by atoms with van der Waals surface area (Å²) in [5.74, 6) is -1.87. The van der Waals surface area contributed by atoms with Crippen molar-refractivity contribution in [2.45, 2.75) is 18.9 Å². The van der Waals surface area contributed by atoms with Crippen molar-refractivity contribution < 1.29 is 22.8 Å². The van der Waals surface area contributed by atoms with Gasteiger partial charge in [0.1, 0.15) is 23.5 Å². The summed E-state index contributed by atoms with van der Waals surface area (Å²) in [7, 11) is 0. The van der Waals surface area contributed by atoms with E-state index in [0.29, 0.717) is 24.3 Å². The lowest BCUT2D eigenvalue weighted by Gasteiger charge is -2.36. The number of piperazine rings is 1. The number of amides is 2. The molecule has 3 aromatic rings. The molecule has 0 unspecified atom stereocenters. The zero-order valence-corrected chi connectivity index (χ0v) is 23.1. The van der Waals surface area contributed by atoms with Crippen LogP contribution in [-0.4, -0.2) is 72.0 Å². The minimum Gasteiger partial charge on any atom is -0.369 e. The molecule has 11 heteroatoms. The maximum Gasteiger partial charge on any atom is 0.256 e. The van der Waals surface area contributed by atoms with E-state index in [2.05, 4.69) is 15.1 Å². The monoisotopic (exact) mass is 581 g/mol. The second-order valence-corrected chi connectivity index (χ2v) is 10.4. The number of rotatable bonds is 9. The van der Waals surface area contributed by atoms with Gasteiger partial charge in [0.2, 0.25) is 5.91 Å². The number of carbonyl (C=O) groups is 2. The minimum absolute atomic E-state index is 0.148. The van der Waals surface area contributed by atoms with Crippen molar-refractivity contribution in [1.82, 2.24) is 9.80 Å². The summed E-state index contributed by atoms with van der Waals surface area (Å²) in [6.07, 6.45) is 0.557. The second-order valence-electron chi connectivity index (χ2n) is 10.1. The van der Waals surface area contributed by atoms with Crippen molar-refractivity contribution in [3.63, 3.8) is 0 Å². The van der Waals surface area contributed by atoms with Crippen LogP contribution in [-0.2, 0) is 9.59 Å². The van der Waals surface area contributed by atoms with Crippen LogP contribution >= 0.6 is 12.2 Å². The van der Waals surface area contributed by atoms with E-state index in [1.165, 1.54) is 65.6 Å². The molecule has 2 aliphatic heterocycles. The van der Waals surface area contributed by atoms with E-state index in [1.54, 1.807) is 17.0 Å². The topological polar surface area (TPSA) is 59.1 Å². The van der Waals surface area contributed by atoms with Gasteiger partial charge in [0.05, 0.1) is 12.1 Å². The molecule has 41 heavy (non-hydrogen) atoms. The van der Waals surface area contributed by atoms with Crippen LogP contribution in [0.5, 0.6) is 0 Å². The number of carbonyl (C=O) groups excluding carboxylic acids is 2. The van der Waals surface area contributed by atoms with Gasteiger partial charge >= 0.3 is 0 Å². The van der Waals surface area contributed by atoms with Crippen LogP contribution in [0.1, 0.15) is 12.8 Å². The molecule has 2 fully saturated rings. The molecule has 0 aliphatic carbocycles. The Morgan fingerprint density at radius 3 is 1.90 bits per heavy atom. The number of nitrogens with one attached hydrogen (secondary N) is 1. The first-order valence-corrected chi connectivity index (χ1v) is 13.9. The summed E-state index contributed by atoms with van der Waals surface area (Å²) in [6, 6.07) is 16.6. The van der Waals surface area contributed by atoms with Crippen LogP contribution in [0.15, 0.2) is 72.8 Å². The number of nitrogens with zero attached hydrogens (tertiary/aromatic N) is 4. The van der Waals surface area contributed by atoms with Gasteiger partial charge in [-0.2, -0.15) is 0 Å². The van der Waals surface area contributed by atoms with Gasteiger partial charge in [0.25, 0.3) is 5.91 Å². The summed E-state index contributed by atoms with van der Waals surface area (Å²) in [5.41, 5.74) is 1.85. The number of anilines is 3. The molecular weight excluding hydrogens is 551 g/mol. The zero-order chi connectivity index (χ0) is 28.9. The van der Waals surface area contributed by atoms with Crippen LogP contribution in [0.4, 0.5) is 30.2 Å². The van der Waals surface area contributed by atoms with E-state index < -0.39 is 23.6 Å². The number of hydrogen-bond acceptors (Lipinski definition) is 5. The average Bonchev–Trinajstić information content (AvgIpc) is 3.19. The Bertz CT molecular complexity index is 1380. The van der Waals surface area contributed by atoms with Crippen LogP contribution < -0.4 is 15.1 Å². The lowest BCUT2D eigenvalue weighted by molar-refractivity contribution is -0.124. The third kappa shape index (κ3) is 6.86. The largest absolute Gasteiger partial charge is 0.369 e. The second kappa shape index (κ2) is 12.7. The highest BCUT2D eigenvalue weighted by Gasteiger charge is 2.44. The van der Waals surface area contributed by atoms with Crippen molar-refractivity contribution in [3.8, 4) is 0 Å². The first kappa shape index (κ1) is 28.6. The third-order valence-corrected chi connectivity index (χ3v) is 7.76. The van der Waals surface area contributed by atoms with Gasteiger partial charge in [-0.05, 0) is 98.0 Å². The lowest BCUT2D eigenvalue weighted by Crippen LogP contribution is -2.47. The van der Waals surface area contributed by atoms with E-state index in [0.717, 1.165) is 38.4 Å². The number of thiocarbonyl (C=S) groups is 1. The molecule has 0 bridgehead atoms. The van der Waals surface area contributed by atoms with E-state index in [-0.39, 0.29) is 23.3 Å². The first-order chi connectivity index (χ1) is 19.8. The van der Waals surface area contributed by atoms with Crippen molar-refractivity contribution in [3.05, 3.63) is 90.2 Å². The lowest BCUT2D eigenvalue weighted by atomic mass is 10.1. The number of benzene rings is 3. The highest BCUT2D eigenvalue weighted by Crippen LogP contribution is 2.28. The zero-order valence-electron chi connectivity index (χ0n) is 22.3. The van der Waals surface area contributed by atoms with Crippen LogP contribution in [0.25, 0.3) is 0 Å². The summed E-state index contributed by atoms with van der Waals surface area (Å²) in [4.78, 5) is 34.1. The fourth-order valence-corrected chi connectivity index (χ4v) is 5.60. The smallest absolute Gasteiger partial charge is 0.256 e. The van der Waals surface area contributed by atoms with Gasteiger partial charge in [-0.3, -0.25) is 19.4 Å². The van der Waals surface area contributed by atoms with E-state index in [9.17, 15) is 22.8 Å². The normalized spacial score (nSPS) is 17.8. The van der Waals surface area contributed by atoms with Crippen molar-refractivity contribution in [2.75, 3.05) is 54.4 Å². The van der Waals surface area contributed by atoms with Crippen molar-refractivity contribution >= 4 is 46.2 Å². The molecular formula is C30H30F3N5O2S. The summed E-state index contributed by atoms with van der Waals surface area (Å²) in [6.45, 7) is 4.54. The molecule has 1 N–H and O–H groups in total. The Morgan fingerprint density at radius 1 is 0.780 bits per heavy atom. The SMILES string of the molecule is O=C(C[C@@H]1C(=O)N(c2ccc(F)cc2)C(=S)N1CCCN1CCN(c2ccc(F)cc2)CC1)Nc1ccc(F)cc1. The predicted molar refractivity (Wildman–Crippen MR) is 156 cm³/mol. The van der Waals surface area contributed by atoms with Gasteiger partial charge in [0, 0.05) is 44.1 Å². The predicted octanol–water partition coefficient (Wildman–Crippen LogP) is 4.65. The standard InChI is InChI=1S/C30H30F3N5O2S/c31-21-2-8-24(9-3-21)34-28(39)20-27-29(40)38(26-12-6-23(33)7-13-26)30(41)37(27)15-1-14-35-16-18-36(19-17-35)25-10-4-22(32)5-11-25/h2-13,27H,1,14-20H2,(H,34,39)/t27-/m1/s1. The summed E-state index contributed by atoms with van der Waals surface area (Å²) in [5, 5.41) is 2.98. The van der Waals surface area contributed by atoms with Gasteiger partial charge in [-0.25, -0.2) is 13.2 Å². The highest BCUT2D eigenvalue weighted by molar-refractivity contribution is 7.80. The molecule has 3 aromatic carbocycles.